The lowest BCUT2D eigenvalue weighted by Crippen LogP contribution is -1.93. The fourth-order valence-corrected chi connectivity index (χ4v) is 1.92. The summed E-state index contributed by atoms with van der Waals surface area (Å²) < 4.78 is 5.77. The van der Waals surface area contributed by atoms with Gasteiger partial charge in [0.1, 0.15) is 11.5 Å². The summed E-state index contributed by atoms with van der Waals surface area (Å²) in [6, 6.07) is 11.2. The summed E-state index contributed by atoms with van der Waals surface area (Å²) in [5.74, 6) is 1.34. The van der Waals surface area contributed by atoms with Crippen molar-refractivity contribution in [2.75, 3.05) is 0 Å². The van der Waals surface area contributed by atoms with Crippen molar-refractivity contribution in [3.05, 3.63) is 58.1 Å². The van der Waals surface area contributed by atoms with Gasteiger partial charge >= 0.3 is 0 Å². The van der Waals surface area contributed by atoms with E-state index in [4.69, 9.17) is 16.3 Å². The first-order chi connectivity index (χ1) is 8.61. The van der Waals surface area contributed by atoms with Crippen LogP contribution < -0.4 is 4.74 Å². The Morgan fingerprint density at radius 1 is 1.11 bits per heavy atom. The summed E-state index contributed by atoms with van der Waals surface area (Å²) in [4.78, 5) is 0. The summed E-state index contributed by atoms with van der Waals surface area (Å²) in [7, 11) is 0. The molecule has 0 aromatic heterocycles. The van der Waals surface area contributed by atoms with Crippen LogP contribution in [0.2, 0.25) is 5.02 Å². The maximum Gasteiger partial charge on any atom is 0.134 e. The van der Waals surface area contributed by atoms with E-state index in [2.05, 4.69) is 6.92 Å². The first-order valence-corrected chi connectivity index (χ1v) is 6.13. The Kier molecular flexibility index (Phi) is 3.90. The van der Waals surface area contributed by atoms with Crippen LogP contribution in [-0.2, 0) is 6.61 Å². The highest BCUT2D eigenvalue weighted by molar-refractivity contribution is 6.31. The van der Waals surface area contributed by atoms with E-state index in [1.807, 2.05) is 25.1 Å². The standard InChI is InChI=1S/C15H15ClO2/c1-10-6-7-12(8-11(10)2)18-15-5-3-4-14(16)13(15)9-17/h3-8,17H,9H2,1-2H3. The Balaban J connectivity index is 2.34. The predicted octanol–water partition coefficient (Wildman–Crippen LogP) is 4.24. The van der Waals surface area contributed by atoms with E-state index < -0.39 is 0 Å². The first-order valence-electron chi connectivity index (χ1n) is 5.75. The molecule has 2 rings (SSSR count). The number of halogens is 1. The van der Waals surface area contributed by atoms with E-state index in [-0.39, 0.29) is 6.61 Å². The zero-order chi connectivity index (χ0) is 13.1. The summed E-state index contributed by atoms with van der Waals surface area (Å²) in [5, 5.41) is 9.82. The van der Waals surface area contributed by atoms with E-state index >= 15 is 0 Å². The third kappa shape index (κ3) is 2.66. The highest BCUT2D eigenvalue weighted by Gasteiger charge is 2.08. The molecule has 0 atom stereocenters. The van der Waals surface area contributed by atoms with Gasteiger partial charge in [-0.05, 0) is 49.2 Å². The minimum Gasteiger partial charge on any atom is -0.457 e. The van der Waals surface area contributed by atoms with Crippen LogP contribution >= 0.6 is 11.6 Å². The van der Waals surface area contributed by atoms with Gasteiger partial charge in [-0.3, -0.25) is 0 Å². The lowest BCUT2D eigenvalue weighted by molar-refractivity contribution is 0.276. The number of ether oxygens (including phenoxy) is 1. The second-order valence-electron chi connectivity index (χ2n) is 4.22. The smallest absolute Gasteiger partial charge is 0.134 e. The second-order valence-corrected chi connectivity index (χ2v) is 4.63. The van der Waals surface area contributed by atoms with Gasteiger partial charge in [0.15, 0.2) is 0 Å². The molecule has 3 heteroatoms. The maximum atomic E-state index is 9.31. The number of hydrogen-bond donors (Lipinski definition) is 1. The topological polar surface area (TPSA) is 29.5 Å². The Bertz CT molecular complexity index is 564. The molecule has 0 aliphatic rings. The predicted molar refractivity (Wildman–Crippen MR) is 73.4 cm³/mol. The van der Waals surface area contributed by atoms with Gasteiger partial charge in [0.05, 0.1) is 6.61 Å². The monoisotopic (exact) mass is 262 g/mol. The Morgan fingerprint density at radius 2 is 1.89 bits per heavy atom. The number of aryl methyl sites for hydroxylation is 2. The zero-order valence-electron chi connectivity index (χ0n) is 10.4. The van der Waals surface area contributed by atoms with Crippen molar-refractivity contribution in [3.63, 3.8) is 0 Å². The second kappa shape index (κ2) is 5.42. The van der Waals surface area contributed by atoms with E-state index in [1.54, 1.807) is 18.2 Å². The van der Waals surface area contributed by atoms with Gasteiger partial charge in [0, 0.05) is 10.6 Å². The molecule has 0 heterocycles. The van der Waals surface area contributed by atoms with E-state index in [0.717, 1.165) is 5.75 Å². The van der Waals surface area contributed by atoms with Crippen LogP contribution in [0.1, 0.15) is 16.7 Å². The molecule has 1 N–H and O–H groups in total. The molecular weight excluding hydrogens is 248 g/mol. The molecule has 0 aliphatic carbocycles. The molecular formula is C15H15ClO2. The van der Waals surface area contributed by atoms with Crippen molar-refractivity contribution in [2.24, 2.45) is 0 Å². The fraction of sp³-hybridized carbons (Fsp3) is 0.200. The van der Waals surface area contributed by atoms with E-state index in [1.165, 1.54) is 11.1 Å². The molecule has 0 bridgehead atoms. The Labute approximate surface area is 112 Å². The number of benzene rings is 2. The van der Waals surface area contributed by atoms with Crippen molar-refractivity contribution in [1.82, 2.24) is 0 Å². The molecule has 0 spiro atoms. The normalized spacial score (nSPS) is 10.4. The third-order valence-corrected chi connectivity index (χ3v) is 3.29. The van der Waals surface area contributed by atoms with Gasteiger partial charge in [0.25, 0.3) is 0 Å². The van der Waals surface area contributed by atoms with Crippen molar-refractivity contribution in [3.8, 4) is 11.5 Å². The van der Waals surface area contributed by atoms with Crippen LogP contribution in [0.3, 0.4) is 0 Å². The molecule has 2 aromatic carbocycles. The van der Waals surface area contributed by atoms with E-state index in [9.17, 15) is 5.11 Å². The number of hydrogen-bond acceptors (Lipinski definition) is 2. The zero-order valence-corrected chi connectivity index (χ0v) is 11.2. The quantitative estimate of drug-likeness (QED) is 0.896. The SMILES string of the molecule is Cc1ccc(Oc2cccc(Cl)c2CO)cc1C. The lowest BCUT2D eigenvalue weighted by atomic mass is 10.1. The van der Waals surface area contributed by atoms with Crippen LogP contribution in [0.4, 0.5) is 0 Å². The first kappa shape index (κ1) is 12.9. The number of rotatable bonds is 3. The van der Waals surface area contributed by atoms with Gasteiger partial charge < -0.3 is 9.84 Å². The summed E-state index contributed by atoms with van der Waals surface area (Å²) in [5.41, 5.74) is 2.99. The van der Waals surface area contributed by atoms with Crippen LogP contribution in [0, 0.1) is 13.8 Å². The molecule has 0 unspecified atom stereocenters. The molecule has 0 aliphatic heterocycles. The minimum absolute atomic E-state index is 0.139. The summed E-state index contributed by atoms with van der Waals surface area (Å²) >= 11 is 6.01. The lowest BCUT2D eigenvalue weighted by Gasteiger charge is -2.12. The average molecular weight is 263 g/mol. The Morgan fingerprint density at radius 3 is 2.56 bits per heavy atom. The van der Waals surface area contributed by atoms with Crippen molar-refractivity contribution in [2.45, 2.75) is 20.5 Å². The minimum atomic E-state index is -0.139. The van der Waals surface area contributed by atoms with Crippen LogP contribution in [0.15, 0.2) is 36.4 Å². The molecule has 18 heavy (non-hydrogen) atoms. The van der Waals surface area contributed by atoms with Gasteiger partial charge in [0.2, 0.25) is 0 Å². The summed E-state index contributed by atoms with van der Waals surface area (Å²) in [6.45, 7) is 3.95. The highest BCUT2D eigenvalue weighted by Crippen LogP contribution is 2.31. The van der Waals surface area contributed by atoms with Gasteiger partial charge in [-0.25, -0.2) is 0 Å². The molecule has 0 fully saturated rings. The third-order valence-electron chi connectivity index (χ3n) is 2.94. The van der Waals surface area contributed by atoms with Crippen LogP contribution in [-0.4, -0.2) is 5.11 Å². The Hall–Kier alpha value is -1.51. The number of aliphatic hydroxyl groups is 1. The fourth-order valence-electron chi connectivity index (χ4n) is 1.69. The molecule has 2 aromatic rings. The van der Waals surface area contributed by atoms with Crippen molar-refractivity contribution in [1.29, 1.82) is 0 Å². The average Bonchev–Trinajstić information content (AvgIpc) is 2.34. The molecule has 0 radical (unpaired) electrons. The highest BCUT2D eigenvalue weighted by atomic mass is 35.5. The molecule has 0 saturated heterocycles. The molecule has 2 nitrogen and oxygen atoms in total. The van der Waals surface area contributed by atoms with Gasteiger partial charge in [-0.2, -0.15) is 0 Å². The number of aliphatic hydroxyl groups excluding tert-OH is 1. The largest absolute Gasteiger partial charge is 0.457 e. The van der Waals surface area contributed by atoms with Crippen molar-refractivity contribution >= 4 is 11.6 Å². The molecule has 94 valence electrons. The van der Waals surface area contributed by atoms with Gasteiger partial charge in [-0.15, -0.1) is 0 Å². The molecule has 0 saturated carbocycles. The summed E-state index contributed by atoms with van der Waals surface area (Å²) in [6.07, 6.45) is 0. The maximum absolute atomic E-state index is 9.31. The molecule has 0 amide bonds. The van der Waals surface area contributed by atoms with Crippen molar-refractivity contribution < 1.29 is 9.84 Å². The van der Waals surface area contributed by atoms with Crippen LogP contribution in [0.5, 0.6) is 11.5 Å². The van der Waals surface area contributed by atoms with E-state index in [0.29, 0.717) is 16.3 Å². The van der Waals surface area contributed by atoms with Gasteiger partial charge in [-0.1, -0.05) is 23.7 Å². The van der Waals surface area contributed by atoms with Crippen LogP contribution in [0.25, 0.3) is 0 Å².